The van der Waals surface area contributed by atoms with Crippen molar-refractivity contribution in [3.63, 3.8) is 0 Å². The van der Waals surface area contributed by atoms with E-state index in [-0.39, 0.29) is 0 Å². The molecule has 2 fully saturated rings. The lowest BCUT2D eigenvalue weighted by atomic mass is 9.88. The van der Waals surface area contributed by atoms with Crippen LogP contribution in [0.5, 0.6) is 0 Å². The van der Waals surface area contributed by atoms with Crippen molar-refractivity contribution >= 4 is 12.6 Å². The molecule has 2 aliphatic rings. The van der Waals surface area contributed by atoms with Crippen molar-refractivity contribution in [2.45, 2.75) is 38.2 Å². The van der Waals surface area contributed by atoms with Crippen LogP contribution in [0.3, 0.4) is 0 Å². The highest BCUT2D eigenvalue weighted by atomic mass is 32.1. The van der Waals surface area contributed by atoms with E-state index in [0.717, 1.165) is 13.2 Å². The van der Waals surface area contributed by atoms with Crippen LogP contribution in [-0.4, -0.2) is 30.7 Å². The topological polar surface area (TPSA) is 18.5 Å². The Labute approximate surface area is 91.8 Å². The highest BCUT2D eigenvalue weighted by Gasteiger charge is 2.49. The second-order valence-corrected chi connectivity index (χ2v) is 5.72. The highest BCUT2D eigenvalue weighted by molar-refractivity contribution is 7.80. The summed E-state index contributed by atoms with van der Waals surface area (Å²) in [7, 11) is 0. The van der Waals surface area contributed by atoms with Gasteiger partial charge in [0, 0.05) is 17.1 Å². The Hall–Kier alpha value is 0.270. The predicted molar refractivity (Wildman–Crippen MR) is 59.7 cm³/mol. The van der Waals surface area contributed by atoms with E-state index < -0.39 is 0 Å². The van der Waals surface area contributed by atoms with Gasteiger partial charge in [0.15, 0.2) is 0 Å². The standard InChI is InChI=1S/C11H20O2S/c1-6(2)8-4-12-11-9(7(3)14)5-13-10(8)11/h6-11,14H,4-5H2,1-3H3. The number of hydrogen-bond acceptors (Lipinski definition) is 3. The van der Waals surface area contributed by atoms with Gasteiger partial charge in [-0.1, -0.05) is 20.8 Å². The van der Waals surface area contributed by atoms with E-state index >= 15 is 0 Å². The van der Waals surface area contributed by atoms with Gasteiger partial charge >= 0.3 is 0 Å². The molecule has 0 saturated carbocycles. The molecule has 5 unspecified atom stereocenters. The van der Waals surface area contributed by atoms with Gasteiger partial charge in [-0.3, -0.25) is 0 Å². The molecule has 0 aromatic carbocycles. The molecule has 0 amide bonds. The molecule has 14 heavy (non-hydrogen) atoms. The smallest absolute Gasteiger partial charge is 0.0901 e. The maximum Gasteiger partial charge on any atom is 0.0901 e. The Morgan fingerprint density at radius 1 is 1.00 bits per heavy atom. The van der Waals surface area contributed by atoms with Crippen LogP contribution < -0.4 is 0 Å². The van der Waals surface area contributed by atoms with Gasteiger partial charge in [0.05, 0.1) is 25.4 Å². The molecule has 2 nitrogen and oxygen atoms in total. The molecule has 0 spiro atoms. The Morgan fingerprint density at radius 3 is 2.00 bits per heavy atom. The number of rotatable bonds is 2. The average molecular weight is 216 g/mol. The lowest BCUT2D eigenvalue weighted by Gasteiger charge is -2.20. The molecule has 5 atom stereocenters. The maximum absolute atomic E-state index is 5.85. The first kappa shape index (κ1) is 10.8. The fourth-order valence-corrected chi connectivity index (χ4v) is 2.80. The van der Waals surface area contributed by atoms with Crippen molar-refractivity contribution in [3.8, 4) is 0 Å². The lowest BCUT2D eigenvalue weighted by molar-refractivity contribution is 0.0549. The van der Waals surface area contributed by atoms with Crippen LogP contribution in [0.4, 0.5) is 0 Å². The minimum atomic E-state index is 0.301. The van der Waals surface area contributed by atoms with E-state index in [4.69, 9.17) is 9.47 Å². The van der Waals surface area contributed by atoms with Crippen LogP contribution in [0.15, 0.2) is 0 Å². The van der Waals surface area contributed by atoms with E-state index in [0.29, 0.717) is 35.2 Å². The first-order valence-corrected chi connectivity index (χ1v) is 6.04. The number of fused-ring (bicyclic) bond motifs is 1. The quantitative estimate of drug-likeness (QED) is 0.712. The van der Waals surface area contributed by atoms with E-state index in [1.54, 1.807) is 0 Å². The summed E-state index contributed by atoms with van der Waals surface area (Å²) in [5.74, 6) is 1.71. The van der Waals surface area contributed by atoms with Crippen LogP contribution in [0, 0.1) is 17.8 Å². The molecule has 0 aliphatic carbocycles. The minimum absolute atomic E-state index is 0.301. The van der Waals surface area contributed by atoms with Crippen molar-refractivity contribution < 1.29 is 9.47 Å². The van der Waals surface area contributed by atoms with Crippen LogP contribution in [0.25, 0.3) is 0 Å². The third-order valence-corrected chi connectivity index (χ3v) is 3.99. The monoisotopic (exact) mass is 216 g/mol. The molecule has 2 rings (SSSR count). The van der Waals surface area contributed by atoms with E-state index in [2.05, 4.69) is 33.4 Å². The van der Waals surface area contributed by atoms with Crippen LogP contribution in [0.2, 0.25) is 0 Å². The zero-order chi connectivity index (χ0) is 10.3. The Kier molecular flexibility index (Phi) is 3.10. The molecular formula is C11H20O2S. The van der Waals surface area contributed by atoms with E-state index in [9.17, 15) is 0 Å². The molecule has 2 heterocycles. The summed E-state index contributed by atoms with van der Waals surface area (Å²) < 4.78 is 11.7. The number of hydrogen-bond donors (Lipinski definition) is 1. The van der Waals surface area contributed by atoms with Gasteiger partial charge < -0.3 is 9.47 Å². The molecule has 0 aromatic rings. The van der Waals surface area contributed by atoms with Crippen molar-refractivity contribution in [3.05, 3.63) is 0 Å². The zero-order valence-corrected chi connectivity index (χ0v) is 10.0. The van der Waals surface area contributed by atoms with Crippen molar-refractivity contribution in [2.24, 2.45) is 17.8 Å². The largest absolute Gasteiger partial charge is 0.375 e. The van der Waals surface area contributed by atoms with Crippen LogP contribution >= 0.6 is 12.6 Å². The molecule has 3 heteroatoms. The lowest BCUT2D eigenvalue weighted by Crippen LogP contribution is -2.31. The molecular weight excluding hydrogens is 196 g/mol. The average Bonchev–Trinajstić information content (AvgIpc) is 2.59. The third-order valence-electron chi connectivity index (χ3n) is 3.61. The summed E-state index contributed by atoms with van der Waals surface area (Å²) >= 11 is 4.50. The molecule has 82 valence electrons. The Morgan fingerprint density at radius 2 is 1.50 bits per heavy atom. The number of thiol groups is 1. The second kappa shape index (κ2) is 4.03. The van der Waals surface area contributed by atoms with Crippen LogP contribution in [0.1, 0.15) is 20.8 Å². The predicted octanol–water partition coefficient (Wildman–Crippen LogP) is 1.99. The van der Waals surface area contributed by atoms with Crippen molar-refractivity contribution in [1.82, 2.24) is 0 Å². The maximum atomic E-state index is 5.85. The van der Waals surface area contributed by atoms with Gasteiger partial charge in [0.1, 0.15) is 0 Å². The van der Waals surface area contributed by atoms with Gasteiger partial charge in [-0.05, 0) is 5.92 Å². The second-order valence-electron chi connectivity index (χ2n) is 4.91. The van der Waals surface area contributed by atoms with Crippen LogP contribution in [-0.2, 0) is 9.47 Å². The summed E-state index contributed by atoms with van der Waals surface area (Å²) in [6.07, 6.45) is 0.629. The van der Waals surface area contributed by atoms with Crippen molar-refractivity contribution in [1.29, 1.82) is 0 Å². The van der Waals surface area contributed by atoms with Gasteiger partial charge in [-0.2, -0.15) is 12.6 Å². The van der Waals surface area contributed by atoms with E-state index in [1.165, 1.54) is 0 Å². The molecule has 0 bridgehead atoms. The molecule has 2 aliphatic heterocycles. The first-order chi connectivity index (χ1) is 6.61. The normalized spacial score (nSPS) is 44.4. The Balaban J connectivity index is 2.04. The van der Waals surface area contributed by atoms with Gasteiger partial charge in [0.2, 0.25) is 0 Å². The first-order valence-electron chi connectivity index (χ1n) is 5.52. The SMILES string of the molecule is CC(C)C1COC2C(C(C)S)COC12. The highest BCUT2D eigenvalue weighted by Crippen LogP contribution is 2.39. The summed E-state index contributed by atoms with van der Waals surface area (Å²) in [6.45, 7) is 8.31. The third kappa shape index (κ3) is 1.70. The summed E-state index contributed by atoms with van der Waals surface area (Å²) in [5, 5.41) is 0.371. The summed E-state index contributed by atoms with van der Waals surface area (Å²) in [6, 6.07) is 0. The fraction of sp³-hybridized carbons (Fsp3) is 1.00. The number of ether oxygens (including phenoxy) is 2. The van der Waals surface area contributed by atoms with Crippen molar-refractivity contribution in [2.75, 3.05) is 13.2 Å². The summed E-state index contributed by atoms with van der Waals surface area (Å²) in [5.41, 5.74) is 0. The molecule has 0 N–H and O–H groups in total. The molecule has 0 radical (unpaired) electrons. The zero-order valence-electron chi connectivity index (χ0n) is 9.14. The van der Waals surface area contributed by atoms with Gasteiger partial charge in [-0.25, -0.2) is 0 Å². The molecule has 2 saturated heterocycles. The van der Waals surface area contributed by atoms with Gasteiger partial charge in [0.25, 0.3) is 0 Å². The Bertz CT molecular complexity index is 183. The minimum Gasteiger partial charge on any atom is -0.375 e. The fourth-order valence-electron chi connectivity index (χ4n) is 2.54. The van der Waals surface area contributed by atoms with Gasteiger partial charge in [-0.15, -0.1) is 0 Å². The molecule has 0 aromatic heterocycles. The summed E-state index contributed by atoms with van der Waals surface area (Å²) in [4.78, 5) is 0. The van der Waals surface area contributed by atoms with E-state index in [1.807, 2.05) is 0 Å².